The van der Waals surface area contributed by atoms with E-state index in [1.54, 1.807) is 25.2 Å². The molecule has 0 amide bonds. The third-order valence-corrected chi connectivity index (χ3v) is 4.63. The topological polar surface area (TPSA) is 58.5 Å². The highest BCUT2D eigenvalue weighted by Gasteiger charge is 2.13. The van der Waals surface area contributed by atoms with Crippen LogP contribution < -0.4 is 5.32 Å². The summed E-state index contributed by atoms with van der Waals surface area (Å²) in [5, 5.41) is 4.07. The summed E-state index contributed by atoms with van der Waals surface area (Å²) in [6.07, 6.45) is 1.14. The van der Waals surface area contributed by atoms with Crippen molar-refractivity contribution in [3.8, 4) is 0 Å². The zero-order valence-electron chi connectivity index (χ0n) is 12.0. The minimum absolute atomic E-state index is 0.170. The number of anilines is 1. The molecule has 0 fully saturated rings. The number of sulfone groups is 1. The zero-order chi connectivity index (χ0) is 16.3. The highest BCUT2D eigenvalue weighted by Crippen LogP contribution is 2.23. The Morgan fingerprint density at radius 2 is 1.73 bits per heavy atom. The number of benzene rings is 2. The molecule has 0 atom stereocenters. The van der Waals surface area contributed by atoms with Crippen molar-refractivity contribution < 1.29 is 8.42 Å². The molecular formula is C15H14Cl2N2O2S. The van der Waals surface area contributed by atoms with Crippen molar-refractivity contribution in [3.63, 3.8) is 0 Å². The summed E-state index contributed by atoms with van der Waals surface area (Å²) in [4.78, 5) is 4.34. The van der Waals surface area contributed by atoms with Gasteiger partial charge in [0, 0.05) is 29.6 Å². The van der Waals surface area contributed by atoms with Gasteiger partial charge in [-0.3, -0.25) is 4.99 Å². The molecule has 7 heteroatoms. The van der Waals surface area contributed by atoms with E-state index in [-0.39, 0.29) is 4.90 Å². The molecule has 0 bridgehead atoms. The molecule has 0 heterocycles. The lowest BCUT2D eigenvalue weighted by Gasteiger charge is -2.12. The van der Waals surface area contributed by atoms with E-state index in [4.69, 9.17) is 23.2 Å². The lowest BCUT2D eigenvalue weighted by atomic mass is 10.2. The molecule has 0 aromatic heterocycles. The molecular weight excluding hydrogens is 343 g/mol. The quantitative estimate of drug-likeness (QED) is 0.670. The van der Waals surface area contributed by atoms with Crippen LogP contribution in [0.1, 0.15) is 5.56 Å². The van der Waals surface area contributed by atoms with E-state index in [0.717, 1.165) is 11.9 Å². The Labute approximate surface area is 139 Å². The molecule has 0 aliphatic rings. The smallest absolute Gasteiger partial charge is 0.175 e. The number of nitrogens with one attached hydrogen (secondary N) is 1. The minimum atomic E-state index is -3.30. The van der Waals surface area contributed by atoms with Crippen LogP contribution in [-0.2, 0) is 9.84 Å². The van der Waals surface area contributed by atoms with Gasteiger partial charge in [0.05, 0.1) is 9.92 Å². The van der Waals surface area contributed by atoms with Gasteiger partial charge >= 0.3 is 0 Å². The molecule has 0 aliphatic heterocycles. The average molecular weight is 357 g/mol. The molecule has 4 nitrogen and oxygen atoms in total. The standard InChI is InChI=1S/C15H14Cl2N2O2S/c1-18-15(19-11-5-3-10(16)4-6-11)13-8-7-12(9-14(13)17)22(2,20)21/h3-9H,1-2H3,(H,18,19). The van der Waals surface area contributed by atoms with E-state index >= 15 is 0 Å². The number of rotatable bonds is 3. The lowest BCUT2D eigenvalue weighted by molar-refractivity contribution is 0.602. The molecule has 0 radical (unpaired) electrons. The van der Waals surface area contributed by atoms with Crippen LogP contribution in [0.15, 0.2) is 52.4 Å². The van der Waals surface area contributed by atoms with Gasteiger partial charge in [-0.25, -0.2) is 8.42 Å². The Balaban J connectivity index is 2.34. The van der Waals surface area contributed by atoms with Gasteiger partial charge in [0.2, 0.25) is 0 Å². The number of hydrogen-bond acceptors (Lipinski definition) is 3. The SMILES string of the molecule is CN=C(Nc1ccc(Cl)cc1)c1ccc(S(C)(=O)=O)cc1Cl. The van der Waals surface area contributed by atoms with Crippen molar-refractivity contribution in [2.45, 2.75) is 4.90 Å². The van der Waals surface area contributed by atoms with Gasteiger partial charge in [0.25, 0.3) is 0 Å². The van der Waals surface area contributed by atoms with Crippen LogP contribution in [0.2, 0.25) is 10.0 Å². The highest BCUT2D eigenvalue weighted by atomic mass is 35.5. The van der Waals surface area contributed by atoms with E-state index in [2.05, 4.69) is 10.3 Å². The largest absolute Gasteiger partial charge is 0.340 e. The summed E-state index contributed by atoms with van der Waals surface area (Å²) in [5.41, 5.74) is 1.42. The molecule has 0 aliphatic carbocycles. The van der Waals surface area contributed by atoms with Gasteiger partial charge < -0.3 is 5.32 Å². The number of aliphatic imine (C=N–C) groups is 1. The van der Waals surface area contributed by atoms with Gasteiger partial charge in [0.15, 0.2) is 9.84 Å². The second-order valence-electron chi connectivity index (χ2n) is 4.62. The molecule has 0 saturated heterocycles. The zero-order valence-corrected chi connectivity index (χ0v) is 14.3. The Kier molecular flexibility index (Phi) is 5.11. The van der Waals surface area contributed by atoms with Gasteiger partial charge in [-0.05, 0) is 42.5 Å². The normalized spacial score (nSPS) is 12.3. The Hall–Kier alpha value is -1.56. The van der Waals surface area contributed by atoms with Gasteiger partial charge in [0.1, 0.15) is 5.84 Å². The van der Waals surface area contributed by atoms with Crippen LogP contribution in [0.4, 0.5) is 5.69 Å². The molecule has 116 valence electrons. The summed E-state index contributed by atoms with van der Waals surface area (Å²) in [7, 11) is -1.67. The first-order chi connectivity index (χ1) is 10.3. The predicted octanol–water partition coefficient (Wildman–Crippen LogP) is 3.89. The first kappa shape index (κ1) is 16.8. The van der Waals surface area contributed by atoms with Gasteiger partial charge in [-0.2, -0.15) is 0 Å². The monoisotopic (exact) mass is 356 g/mol. The maximum atomic E-state index is 11.5. The lowest BCUT2D eigenvalue weighted by Crippen LogP contribution is -2.14. The first-order valence-corrected chi connectivity index (χ1v) is 8.95. The van der Waals surface area contributed by atoms with E-state index < -0.39 is 9.84 Å². The van der Waals surface area contributed by atoms with Crippen LogP contribution in [-0.4, -0.2) is 27.6 Å². The van der Waals surface area contributed by atoms with E-state index in [0.29, 0.717) is 21.4 Å². The second kappa shape index (κ2) is 6.69. The highest BCUT2D eigenvalue weighted by molar-refractivity contribution is 7.90. The summed E-state index contributed by atoms with van der Waals surface area (Å²) < 4.78 is 23.1. The molecule has 1 N–H and O–H groups in total. The van der Waals surface area contributed by atoms with Crippen LogP contribution in [0.3, 0.4) is 0 Å². The fraction of sp³-hybridized carbons (Fsp3) is 0.133. The fourth-order valence-electron chi connectivity index (χ4n) is 1.83. The van der Waals surface area contributed by atoms with Gasteiger partial charge in [-0.15, -0.1) is 0 Å². The number of hydrogen-bond donors (Lipinski definition) is 1. The molecule has 2 aromatic carbocycles. The molecule has 0 unspecified atom stereocenters. The minimum Gasteiger partial charge on any atom is -0.340 e. The summed E-state index contributed by atoms with van der Waals surface area (Å²) >= 11 is 12.0. The van der Waals surface area contributed by atoms with Crippen molar-refractivity contribution >= 4 is 44.6 Å². The van der Waals surface area contributed by atoms with Crippen molar-refractivity contribution in [2.24, 2.45) is 4.99 Å². The molecule has 2 aromatic rings. The first-order valence-electron chi connectivity index (χ1n) is 6.30. The third-order valence-electron chi connectivity index (χ3n) is 2.95. The van der Waals surface area contributed by atoms with Crippen molar-refractivity contribution in [1.82, 2.24) is 0 Å². The van der Waals surface area contributed by atoms with Crippen LogP contribution in [0.25, 0.3) is 0 Å². The van der Waals surface area contributed by atoms with Crippen molar-refractivity contribution in [1.29, 1.82) is 0 Å². The van der Waals surface area contributed by atoms with E-state index in [1.807, 2.05) is 12.1 Å². The van der Waals surface area contributed by atoms with Crippen LogP contribution in [0.5, 0.6) is 0 Å². The summed E-state index contributed by atoms with van der Waals surface area (Å²) in [6.45, 7) is 0. The number of halogens is 2. The molecule has 2 rings (SSSR count). The molecule has 0 saturated carbocycles. The van der Waals surface area contributed by atoms with Gasteiger partial charge in [-0.1, -0.05) is 23.2 Å². The Bertz CT molecular complexity index is 816. The number of amidine groups is 1. The van der Waals surface area contributed by atoms with Crippen LogP contribution in [0, 0.1) is 0 Å². The van der Waals surface area contributed by atoms with Crippen molar-refractivity contribution in [3.05, 3.63) is 58.1 Å². The summed E-state index contributed by atoms with van der Waals surface area (Å²) in [6, 6.07) is 11.7. The maximum absolute atomic E-state index is 11.5. The third kappa shape index (κ3) is 4.00. The fourth-order valence-corrected chi connectivity index (χ4v) is 2.94. The summed E-state index contributed by atoms with van der Waals surface area (Å²) in [5.74, 6) is 0.535. The number of nitrogens with zero attached hydrogens (tertiary/aromatic N) is 1. The van der Waals surface area contributed by atoms with Crippen LogP contribution >= 0.6 is 23.2 Å². The van der Waals surface area contributed by atoms with E-state index in [9.17, 15) is 8.42 Å². The predicted molar refractivity (Wildman–Crippen MR) is 92.1 cm³/mol. The molecule has 22 heavy (non-hydrogen) atoms. The average Bonchev–Trinajstić information content (AvgIpc) is 2.46. The Morgan fingerprint density at radius 3 is 2.23 bits per heavy atom. The maximum Gasteiger partial charge on any atom is 0.175 e. The molecule has 0 spiro atoms. The van der Waals surface area contributed by atoms with E-state index in [1.165, 1.54) is 12.1 Å². The van der Waals surface area contributed by atoms with Crippen molar-refractivity contribution in [2.75, 3.05) is 18.6 Å². The Morgan fingerprint density at radius 1 is 1.09 bits per heavy atom. The second-order valence-corrected chi connectivity index (χ2v) is 7.48.